The number of aliphatic imine (C=N–C) groups is 1. The number of guanidine groups is 1. The van der Waals surface area contributed by atoms with E-state index >= 15 is 0 Å². The Morgan fingerprint density at radius 1 is 1.03 bits per heavy atom. The van der Waals surface area contributed by atoms with Gasteiger partial charge in [0.2, 0.25) is 0 Å². The van der Waals surface area contributed by atoms with E-state index in [1.807, 2.05) is 25.1 Å². The van der Waals surface area contributed by atoms with Crippen LogP contribution in [-0.2, 0) is 27.7 Å². The lowest BCUT2D eigenvalue weighted by molar-refractivity contribution is 0.145. The molecule has 0 unspecified atom stereocenters. The van der Waals surface area contributed by atoms with Gasteiger partial charge in [-0.2, -0.15) is 0 Å². The first-order chi connectivity index (χ1) is 13.8. The number of aryl methyl sites for hydroxylation is 1. The molecule has 0 radical (unpaired) electrons. The molecule has 8 heteroatoms. The Hall–Kier alpha value is -2.58. The molecule has 2 rings (SSSR count). The van der Waals surface area contributed by atoms with Crippen LogP contribution in [0.15, 0.2) is 52.4 Å². The monoisotopic (exact) mass is 419 g/mol. The molecule has 0 atom stereocenters. The van der Waals surface area contributed by atoms with Crippen molar-refractivity contribution in [1.82, 2.24) is 10.6 Å². The van der Waals surface area contributed by atoms with Crippen molar-refractivity contribution in [2.45, 2.75) is 24.9 Å². The molecule has 29 heavy (non-hydrogen) atoms. The predicted octanol–water partition coefficient (Wildman–Crippen LogP) is 2.29. The maximum absolute atomic E-state index is 11.5. The molecule has 7 nitrogen and oxygen atoms in total. The summed E-state index contributed by atoms with van der Waals surface area (Å²) in [6, 6.07) is 12.9. The summed E-state index contributed by atoms with van der Waals surface area (Å²) in [5, 5.41) is 6.50. The van der Waals surface area contributed by atoms with E-state index in [4.69, 9.17) is 9.47 Å². The average molecular weight is 420 g/mol. The molecule has 0 aliphatic rings. The van der Waals surface area contributed by atoms with Gasteiger partial charge in [0.15, 0.2) is 15.8 Å². The van der Waals surface area contributed by atoms with Crippen LogP contribution in [0.5, 0.6) is 5.75 Å². The topological polar surface area (TPSA) is 89.0 Å². The van der Waals surface area contributed by atoms with Crippen molar-refractivity contribution < 1.29 is 17.9 Å². The van der Waals surface area contributed by atoms with Gasteiger partial charge in [-0.1, -0.05) is 24.3 Å². The van der Waals surface area contributed by atoms with Gasteiger partial charge in [0.25, 0.3) is 0 Å². The lowest BCUT2D eigenvalue weighted by Crippen LogP contribution is -2.36. The zero-order valence-electron chi connectivity index (χ0n) is 17.4. The number of sulfone groups is 1. The standard InChI is InChI=1S/C21H29N3O4S/c1-16-5-8-18(20(13-16)28-12-11-27-3)15-24-21(22-2)23-14-17-6-9-19(10-7-17)29(4,25)26/h5-10,13H,11-12,14-15H2,1-4H3,(H2,22,23,24). The van der Waals surface area contributed by atoms with E-state index in [0.29, 0.717) is 37.2 Å². The van der Waals surface area contributed by atoms with Gasteiger partial charge < -0.3 is 20.1 Å². The number of rotatable bonds is 9. The Balaban J connectivity index is 1.94. The van der Waals surface area contributed by atoms with Crippen LogP contribution in [0.3, 0.4) is 0 Å². The van der Waals surface area contributed by atoms with Crippen molar-refractivity contribution in [3.05, 3.63) is 59.2 Å². The fourth-order valence-corrected chi connectivity index (χ4v) is 3.25. The van der Waals surface area contributed by atoms with Crippen molar-refractivity contribution >= 4 is 15.8 Å². The number of benzene rings is 2. The minimum Gasteiger partial charge on any atom is -0.491 e. The van der Waals surface area contributed by atoms with Crippen molar-refractivity contribution in [3.8, 4) is 5.75 Å². The maximum atomic E-state index is 11.5. The predicted molar refractivity (Wildman–Crippen MR) is 115 cm³/mol. The first-order valence-corrected chi connectivity index (χ1v) is 11.2. The molecule has 2 N–H and O–H groups in total. The molecule has 0 amide bonds. The van der Waals surface area contributed by atoms with Gasteiger partial charge in [-0.3, -0.25) is 4.99 Å². The number of ether oxygens (including phenoxy) is 2. The average Bonchev–Trinajstić information content (AvgIpc) is 2.69. The lowest BCUT2D eigenvalue weighted by Gasteiger charge is -2.15. The second-order valence-corrected chi connectivity index (χ2v) is 8.66. The van der Waals surface area contributed by atoms with E-state index in [-0.39, 0.29) is 0 Å². The summed E-state index contributed by atoms with van der Waals surface area (Å²) in [7, 11) is 0.160. The number of hydrogen-bond donors (Lipinski definition) is 2. The molecule has 0 aliphatic carbocycles. The summed E-state index contributed by atoms with van der Waals surface area (Å²) < 4.78 is 34.0. The van der Waals surface area contributed by atoms with Crippen LogP contribution in [0, 0.1) is 6.92 Å². The molecule has 0 aromatic heterocycles. The van der Waals surface area contributed by atoms with Crippen molar-refractivity contribution in [2.24, 2.45) is 4.99 Å². The van der Waals surface area contributed by atoms with E-state index in [0.717, 1.165) is 22.4 Å². The number of nitrogens with zero attached hydrogens (tertiary/aromatic N) is 1. The fraction of sp³-hybridized carbons (Fsp3) is 0.381. The minimum atomic E-state index is -3.19. The van der Waals surface area contributed by atoms with Gasteiger partial charge >= 0.3 is 0 Å². The molecule has 0 fully saturated rings. The molecule has 0 aliphatic heterocycles. The fourth-order valence-electron chi connectivity index (χ4n) is 2.62. The van der Waals surface area contributed by atoms with Crippen molar-refractivity contribution in [3.63, 3.8) is 0 Å². The van der Waals surface area contributed by atoms with Crippen molar-refractivity contribution in [2.75, 3.05) is 33.6 Å². The summed E-state index contributed by atoms with van der Waals surface area (Å²) in [5.41, 5.74) is 3.10. The first-order valence-electron chi connectivity index (χ1n) is 9.28. The third-order valence-corrected chi connectivity index (χ3v) is 5.38. The Morgan fingerprint density at radius 3 is 2.34 bits per heavy atom. The van der Waals surface area contributed by atoms with Gasteiger partial charge in [0.05, 0.1) is 11.5 Å². The highest BCUT2D eigenvalue weighted by Gasteiger charge is 2.08. The van der Waals surface area contributed by atoms with E-state index in [2.05, 4.69) is 15.6 Å². The molecule has 158 valence electrons. The van der Waals surface area contributed by atoms with Crippen LogP contribution in [0.25, 0.3) is 0 Å². The van der Waals surface area contributed by atoms with Crippen LogP contribution in [0.1, 0.15) is 16.7 Å². The number of nitrogens with one attached hydrogen (secondary N) is 2. The quantitative estimate of drug-likeness (QED) is 0.368. The van der Waals surface area contributed by atoms with E-state index < -0.39 is 9.84 Å². The highest BCUT2D eigenvalue weighted by Crippen LogP contribution is 2.20. The van der Waals surface area contributed by atoms with E-state index in [1.54, 1.807) is 38.4 Å². The second kappa shape index (κ2) is 10.8. The zero-order chi connectivity index (χ0) is 21.3. The molecule has 2 aromatic rings. The molecule has 0 saturated carbocycles. The summed E-state index contributed by atoms with van der Waals surface area (Å²) in [6.45, 7) is 4.12. The van der Waals surface area contributed by atoms with Crippen molar-refractivity contribution in [1.29, 1.82) is 0 Å². The Bertz CT molecular complexity index is 925. The van der Waals surface area contributed by atoms with Crippen LogP contribution in [-0.4, -0.2) is 48.0 Å². The third kappa shape index (κ3) is 7.40. The number of methoxy groups -OCH3 is 1. The van der Waals surface area contributed by atoms with Gasteiger partial charge in [0.1, 0.15) is 12.4 Å². The van der Waals surface area contributed by atoms with Gasteiger partial charge in [-0.25, -0.2) is 8.42 Å². The Labute approximate surface area is 173 Å². The SMILES string of the molecule is CN=C(NCc1ccc(S(C)(=O)=O)cc1)NCc1ccc(C)cc1OCCOC. The van der Waals surface area contributed by atoms with Gasteiger partial charge in [-0.05, 0) is 36.2 Å². The summed E-state index contributed by atoms with van der Waals surface area (Å²) >= 11 is 0. The van der Waals surface area contributed by atoms with E-state index in [9.17, 15) is 8.42 Å². The summed E-state index contributed by atoms with van der Waals surface area (Å²) in [6.07, 6.45) is 1.20. The highest BCUT2D eigenvalue weighted by atomic mass is 32.2. The smallest absolute Gasteiger partial charge is 0.191 e. The molecule has 0 saturated heterocycles. The Morgan fingerprint density at radius 2 is 1.72 bits per heavy atom. The largest absolute Gasteiger partial charge is 0.491 e. The molecule has 2 aromatic carbocycles. The number of hydrogen-bond acceptors (Lipinski definition) is 5. The highest BCUT2D eigenvalue weighted by molar-refractivity contribution is 7.90. The lowest BCUT2D eigenvalue weighted by atomic mass is 10.1. The summed E-state index contributed by atoms with van der Waals surface area (Å²) in [5.74, 6) is 1.46. The van der Waals surface area contributed by atoms with Crippen LogP contribution >= 0.6 is 0 Å². The molecular formula is C21H29N3O4S. The Kier molecular flexibility index (Phi) is 8.48. The van der Waals surface area contributed by atoms with Crippen LogP contribution in [0.4, 0.5) is 0 Å². The van der Waals surface area contributed by atoms with Crippen LogP contribution < -0.4 is 15.4 Å². The molecule has 0 bridgehead atoms. The first kappa shape index (κ1) is 22.7. The molecular weight excluding hydrogens is 390 g/mol. The second-order valence-electron chi connectivity index (χ2n) is 6.65. The minimum absolute atomic E-state index is 0.309. The zero-order valence-corrected chi connectivity index (χ0v) is 18.2. The molecule has 0 heterocycles. The summed E-state index contributed by atoms with van der Waals surface area (Å²) in [4.78, 5) is 4.54. The molecule has 0 spiro atoms. The van der Waals surface area contributed by atoms with Gasteiger partial charge in [-0.15, -0.1) is 0 Å². The maximum Gasteiger partial charge on any atom is 0.191 e. The normalized spacial score (nSPS) is 11.9. The van der Waals surface area contributed by atoms with E-state index in [1.165, 1.54) is 6.26 Å². The third-order valence-electron chi connectivity index (χ3n) is 4.25. The van der Waals surface area contributed by atoms with Crippen LogP contribution in [0.2, 0.25) is 0 Å². The van der Waals surface area contributed by atoms with Gasteiger partial charge in [0, 0.05) is 39.1 Å².